The second kappa shape index (κ2) is 5.65. The lowest BCUT2D eigenvalue weighted by Gasteiger charge is -2.05. The Balaban J connectivity index is 2.10. The van der Waals surface area contributed by atoms with Crippen molar-refractivity contribution in [1.82, 2.24) is 9.97 Å². The van der Waals surface area contributed by atoms with Crippen molar-refractivity contribution >= 4 is 27.7 Å². The number of aromatic nitrogens is 2. The molecule has 0 unspecified atom stereocenters. The fraction of sp³-hybridized carbons (Fsp3) is 0.231. The fourth-order valence-electron chi connectivity index (χ4n) is 1.71. The van der Waals surface area contributed by atoms with Crippen LogP contribution in [0.15, 0.2) is 40.2 Å². The van der Waals surface area contributed by atoms with Gasteiger partial charge in [-0.25, -0.2) is 9.97 Å². The molecule has 0 radical (unpaired) electrons. The number of hydrogen-bond acceptors (Lipinski definition) is 3. The van der Waals surface area contributed by atoms with E-state index in [1.54, 1.807) is 24.3 Å². The van der Waals surface area contributed by atoms with Crippen molar-refractivity contribution in [2.45, 2.75) is 24.6 Å². The van der Waals surface area contributed by atoms with Gasteiger partial charge in [0.2, 0.25) is 0 Å². The van der Waals surface area contributed by atoms with Crippen LogP contribution in [-0.4, -0.2) is 9.97 Å². The Hall–Kier alpha value is -0.870. The molecule has 2 rings (SSSR count). The van der Waals surface area contributed by atoms with E-state index in [1.165, 1.54) is 16.7 Å². The van der Waals surface area contributed by atoms with Crippen molar-refractivity contribution in [2.75, 3.05) is 0 Å². The zero-order valence-corrected chi connectivity index (χ0v) is 12.2. The summed E-state index contributed by atoms with van der Waals surface area (Å²) in [5.74, 6) is 0.929. The van der Waals surface area contributed by atoms with Crippen molar-refractivity contribution in [3.8, 4) is 0 Å². The van der Waals surface area contributed by atoms with Crippen LogP contribution in [0, 0.1) is 13.8 Å². The Morgan fingerprint density at radius 3 is 2.53 bits per heavy atom. The Kier molecular flexibility index (Phi) is 4.18. The second-order valence-electron chi connectivity index (χ2n) is 3.96. The van der Waals surface area contributed by atoms with Gasteiger partial charge < -0.3 is 0 Å². The summed E-state index contributed by atoms with van der Waals surface area (Å²) in [5, 5.41) is 0.985. The lowest BCUT2D eigenvalue weighted by atomic mass is 10.1. The van der Waals surface area contributed by atoms with Crippen molar-refractivity contribution in [2.24, 2.45) is 0 Å². The molecule has 4 heteroatoms. The van der Waals surface area contributed by atoms with E-state index in [0.29, 0.717) is 0 Å². The van der Waals surface area contributed by atoms with Gasteiger partial charge in [0, 0.05) is 11.9 Å². The molecule has 0 atom stereocenters. The number of nitrogens with zero attached hydrogens (tertiary/aromatic N) is 2. The summed E-state index contributed by atoms with van der Waals surface area (Å²) in [6.07, 6.45) is 3.35. The van der Waals surface area contributed by atoms with Gasteiger partial charge in [-0.2, -0.15) is 0 Å². The largest absolute Gasteiger partial charge is 0.244 e. The topological polar surface area (TPSA) is 25.8 Å². The second-order valence-corrected chi connectivity index (χ2v) is 5.78. The molecule has 0 amide bonds. The molecule has 2 aromatic rings. The lowest BCUT2D eigenvalue weighted by molar-refractivity contribution is 1.02. The van der Waals surface area contributed by atoms with Gasteiger partial charge >= 0.3 is 0 Å². The third kappa shape index (κ3) is 3.54. The van der Waals surface area contributed by atoms with E-state index in [1.807, 2.05) is 0 Å². The van der Waals surface area contributed by atoms with Crippen molar-refractivity contribution < 1.29 is 0 Å². The van der Waals surface area contributed by atoms with Gasteiger partial charge in [0.15, 0.2) is 0 Å². The Morgan fingerprint density at radius 2 is 1.88 bits per heavy atom. The van der Waals surface area contributed by atoms with Gasteiger partial charge in [0.05, 0.1) is 4.47 Å². The molecule has 1 heterocycles. The van der Waals surface area contributed by atoms with E-state index in [9.17, 15) is 0 Å². The molecule has 0 aliphatic carbocycles. The standard InChI is InChI=1S/C13H13BrN2S/c1-9-3-10(2)5-11(4-9)7-17-13-12(14)6-15-8-16-13/h3-6,8H,7H2,1-2H3. The van der Waals surface area contributed by atoms with Crippen LogP contribution in [0.25, 0.3) is 0 Å². The van der Waals surface area contributed by atoms with Gasteiger partial charge in [-0.1, -0.05) is 29.3 Å². The summed E-state index contributed by atoms with van der Waals surface area (Å²) in [7, 11) is 0. The van der Waals surface area contributed by atoms with Crippen LogP contribution >= 0.6 is 27.7 Å². The van der Waals surface area contributed by atoms with Gasteiger partial charge in [-0.05, 0) is 35.3 Å². The predicted octanol–water partition coefficient (Wildman–Crippen LogP) is 4.15. The molecule has 0 aliphatic heterocycles. The number of rotatable bonds is 3. The van der Waals surface area contributed by atoms with Crippen molar-refractivity contribution in [3.05, 3.63) is 51.9 Å². The highest BCUT2D eigenvalue weighted by atomic mass is 79.9. The maximum atomic E-state index is 4.24. The van der Waals surface area contributed by atoms with Crippen molar-refractivity contribution in [1.29, 1.82) is 0 Å². The molecule has 1 aromatic carbocycles. The van der Waals surface area contributed by atoms with E-state index in [0.717, 1.165) is 15.3 Å². The van der Waals surface area contributed by atoms with Crippen LogP contribution in [0.2, 0.25) is 0 Å². The highest BCUT2D eigenvalue weighted by Crippen LogP contribution is 2.27. The summed E-state index contributed by atoms with van der Waals surface area (Å²) in [5.41, 5.74) is 3.95. The first-order chi connectivity index (χ1) is 8.15. The van der Waals surface area contributed by atoms with Crippen LogP contribution in [0.5, 0.6) is 0 Å². The number of aryl methyl sites for hydroxylation is 2. The average Bonchev–Trinajstić information content (AvgIpc) is 2.27. The zero-order chi connectivity index (χ0) is 12.3. The van der Waals surface area contributed by atoms with E-state index < -0.39 is 0 Å². The van der Waals surface area contributed by atoms with Gasteiger partial charge in [-0.15, -0.1) is 11.8 Å². The van der Waals surface area contributed by atoms with E-state index >= 15 is 0 Å². The molecule has 0 saturated carbocycles. The molecule has 0 aliphatic rings. The highest BCUT2D eigenvalue weighted by Gasteiger charge is 2.03. The first-order valence-corrected chi connectivity index (χ1v) is 7.08. The molecule has 1 aromatic heterocycles. The molecule has 0 spiro atoms. The lowest BCUT2D eigenvalue weighted by Crippen LogP contribution is -1.88. The number of benzene rings is 1. The van der Waals surface area contributed by atoms with Gasteiger partial charge in [0.25, 0.3) is 0 Å². The molecule has 0 bridgehead atoms. The summed E-state index contributed by atoms with van der Waals surface area (Å²) >= 11 is 5.17. The van der Waals surface area contributed by atoms with Crippen LogP contribution in [0.1, 0.15) is 16.7 Å². The van der Waals surface area contributed by atoms with E-state index in [-0.39, 0.29) is 0 Å². The minimum Gasteiger partial charge on any atom is -0.244 e. The van der Waals surface area contributed by atoms with Crippen LogP contribution in [0.4, 0.5) is 0 Å². The Bertz CT molecular complexity index is 508. The monoisotopic (exact) mass is 308 g/mol. The summed E-state index contributed by atoms with van der Waals surface area (Å²) in [6.45, 7) is 4.25. The summed E-state index contributed by atoms with van der Waals surface area (Å²) in [6, 6.07) is 6.62. The fourth-order valence-corrected chi connectivity index (χ4v) is 3.06. The first kappa shape index (κ1) is 12.6. The number of halogens is 1. The maximum absolute atomic E-state index is 4.24. The van der Waals surface area contributed by atoms with Crippen LogP contribution in [0.3, 0.4) is 0 Å². The average molecular weight is 309 g/mol. The highest BCUT2D eigenvalue weighted by molar-refractivity contribution is 9.10. The van der Waals surface area contributed by atoms with Crippen LogP contribution in [-0.2, 0) is 5.75 Å². The number of thioether (sulfide) groups is 1. The molecular formula is C13H13BrN2S. The third-order valence-electron chi connectivity index (χ3n) is 2.29. The molecule has 0 fully saturated rings. The first-order valence-electron chi connectivity index (χ1n) is 5.30. The smallest absolute Gasteiger partial charge is 0.116 e. The Morgan fingerprint density at radius 1 is 1.18 bits per heavy atom. The van der Waals surface area contributed by atoms with E-state index in [2.05, 4.69) is 57.9 Å². The normalized spacial score (nSPS) is 10.5. The molecule has 17 heavy (non-hydrogen) atoms. The SMILES string of the molecule is Cc1cc(C)cc(CSc2ncncc2Br)c1. The summed E-state index contributed by atoms with van der Waals surface area (Å²) < 4.78 is 0.953. The molecule has 88 valence electrons. The summed E-state index contributed by atoms with van der Waals surface area (Å²) in [4.78, 5) is 8.20. The quantitative estimate of drug-likeness (QED) is 0.629. The molecular weight excluding hydrogens is 296 g/mol. The maximum Gasteiger partial charge on any atom is 0.116 e. The molecule has 0 N–H and O–H groups in total. The zero-order valence-electron chi connectivity index (χ0n) is 9.77. The van der Waals surface area contributed by atoms with Gasteiger partial charge in [-0.3, -0.25) is 0 Å². The van der Waals surface area contributed by atoms with E-state index in [4.69, 9.17) is 0 Å². The number of hydrogen-bond donors (Lipinski definition) is 0. The molecule has 2 nitrogen and oxygen atoms in total. The minimum absolute atomic E-state index is 0.929. The minimum atomic E-state index is 0.929. The Labute approximate surface area is 114 Å². The predicted molar refractivity (Wildman–Crippen MR) is 75.2 cm³/mol. The molecule has 0 saturated heterocycles. The third-order valence-corrected chi connectivity index (χ3v) is 4.21. The van der Waals surface area contributed by atoms with Crippen molar-refractivity contribution in [3.63, 3.8) is 0 Å². The van der Waals surface area contributed by atoms with Crippen LogP contribution < -0.4 is 0 Å². The van der Waals surface area contributed by atoms with Gasteiger partial charge in [0.1, 0.15) is 11.4 Å².